The van der Waals surface area contributed by atoms with Crippen LogP contribution in [-0.2, 0) is 4.74 Å². The van der Waals surface area contributed by atoms with Gasteiger partial charge in [-0.25, -0.2) is 5.01 Å². The molecule has 0 aromatic heterocycles. The number of nitrogens with zero attached hydrogens (tertiary/aromatic N) is 2. The van der Waals surface area contributed by atoms with Crippen LogP contribution in [0.2, 0.25) is 0 Å². The van der Waals surface area contributed by atoms with Crippen LogP contribution in [0.1, 0.15) is 6.42 Å². The van der Waals surface area contributed by atoms with Gasteiger partial charge in [0.1, 0.15) is 6.61 Å². The van der Waals surface area contributed by atoms with Crippen molar-refractivity contribution < 1.29 is 17.9 Å². The first kappa shape index (κ1) is 14.7. The third-order valence-electron chi connectivity index (χ3n) is 2.57. The van der Waals surface area contributed by atoms with Gasteiger partial charge in [-0.3, -0.25) is 5.43 Å². The van der Waals surface area contributed by atoms with Crippen molar-refractivity contribution in [3.63, 3.8) is 0 Å². The molecule has 1 aliphatic heterocycles. The molecule has 0 aromatic rings. The molecule has 1 saturated heterocycles. The van der Waals surface area contributed by atoms with Crippen molar-refractivity contribution >= 4 is 0 Å². The van der Waals surface area contributed by atoms with Crippen molar-refractivity contribution in [1.82, 2.24) is 15.3 Å². The summed E-state index contributed by atoms with van der Waals surface area (Å²) < 4.78 is 39.7. The van der Waals surface area contributed by atoms with Gasteiger partial charge in [-0.2, -0.15) is 13.2 Å². The molecule has 4 nitrogen and oxygen atoms in total. The van der Waals surface area contributed by atoms with E-state index in [-0.39, 0.29) is 6.61 Å². The molecule has 0 aromatic carbocycles. The molecule has 0 bridgehead atoms. The van der Waals surface area contributed by atoms with Crippen molar-refractivity contribution in [2.24, 2.45) is 0 Å². The Kier molecular flexibility index (Phi) is 6.18. The first-order valence-electron chi connectivity index (χ1n) is 5.79. The number of alkyl halides is 3. The van der Waals surface area contributed by atoms with Crippen LogP contribution in [0.25, 0.3) is 0 Å². The predicted octanol–water partition coefficient (Wildman–Crippen LogP) is 0.707. The standard InChI is InChI=1S/C10H20F3N3O/c1-15-4-6-16(7-5-15)14-3-2-8-17-9-10(11,12)13/h14H,2-9H2,1H3. The average Bonchev–Trinajstić information content (AvgIpc) is 2.24. The maximum absolute atomic E-state index is 11.7. The fraction of sp³-hybridized carbons (Fsp3) is 1.00. The van der Waals surface area contributed by atoms with Crippen molar-refractivity contribution in [3.8, 4) is 0 Å². The van der Waals surface area contributed by atoms with Gasteiger partial charge in [0.15, 0.2) is 0 Å². The van der Waals surface area contributed by atoms with E-state index in [1.165, 1.54) is 0 Å². The highest BCUT2D eigenvalue weighted by Crippen LogP contribution is 2.14. The SMILES string of the molecule is CN1CCN(NCCCOCC(F)(F)F)CC1. The second-order valence-electron chi connectivity index (χ2n) is 4.22. The summed E-state index contributed by atoms with van der Waals surface area (Å²) in [4.78, 5) is 2.24. The fourth-order valence-electron chi connectivity index (χ4n) is 1.56. The predicted molar refractivity (Wildman–Crippen MR) is 58.6 cm³/mol. The Balaban J connectivity index is 1.91. The van der Waals surface area contributed by atoms with Gasteiger partial charge in [-0.05, 0) is 13.5 Å². The van der Waals surface area contributed by atoms with Gasteiger partial charge >= 0.3 is 6.18 Å². The van der Waals surface area contributed by atoms with Gasteiger partial charge in [-0.15, -0.1) is 0 Å². The molecule has 102 valence electrons. The quantitative estimate of drug-likeness (QED) is 0.707. The van der Waals surface area contributed by atoms with Crippen LogP contribution in [0.4, 0.5) is 13.2 Å². The summed E-state index contributed by atoms with van der Waals surface area (Å²) in [6, 6.07) is 0. The number of hydrazine groups is 1. The van der Waals surface area contributed by atoms with E-state index >= 15 is 0 Å². The summed E-state index contributed by atoms with van der Waals surface area (Å²) in [7, 11) is 2.07. The van der Waals surface area contributed by atoms with Crippen molar-refractivity contribution in [2.45, 2.75) is 12.6 Å². The van der Waals surface area contributed by atoms with Crippen LogP contribution in [0.15, 0.2) is 0 Å². The number of nitrogens with one attached hydrogen (secondary N) is 1. The molecule has 1 rings (SSSR count). The van der Waals surface area contributed by atoms with E-state index in [4.69, 9.17) is 0 Å². The molecule has 1 fully saturated rings. The van der Waals surface area contributed by atoms with E-state index in [0.717, 1.165) is 26.2 Å². The molecule has 0 radical (unpaired) electrons. The minimum atomic E-state index is -4.22. The molecule has 0 amide bonds. The van der Waals surface area contributed by atoms with E-state index in [1.54, 1.807) is 0 Å². The summed E-state index contributed by atoms with van der Waals surface area (Å²) >= 11 is 0. The number of likely N-dealkylation sites (N-methyl/N-ethyl adjacent to an activating group) is 1. The van der Waals surface area contributed by atoms with Crippen LogP contribution >= 0.6 is 0 Å². The highest BCUT2D eigenvalue weighted by molar-refractivity contribution is 4.65. The number of ether oxygens (including phenoxy) is 1. The molecule has 0 unspecified atom stereocenters. The lowest BCUT2D eigenvalue weighted by atomic mass is 10.4. The zero-order chi connectivity index (χ0) is 12.7. The Bertz CT molecular complexity index is 205. The van der Waals surface area contributed by atoms with Gasteiger partial charge in [0.2, 0.25) is 0 Å². The number of piperazine rings is 1. The normalized spacial score (nSPS) is 19.8. The second kappa shape index (κ2) is 7.15. The van der Waals surface area contributed by atoms with E-state index in [2.05, 4.69) is 27.1 Å². The Hall–Kier alpha value is -0.370. The smallest absolute Gasteiger partial charge is 0.372 e. The molecule has 1 heterocycles. The Labute approximate surface area is 99.7 Å². The van der Waals surface area contributed by atoms with E-state index < -0.39 is 12.8 Å². The van der Waals surface area contributed by atoms with Gasteiger partial charge in [0, 0.05) is 39.3 Å². The van der Waals surface area contributed by atoms with Crippen LogP contribution in [0.5, 0.6) is 0 Å². The maximum Gasteiger partial charge on any atom is 0.411 e. The van der Waals surface area contributed by atoms with Crippen LogP contribution < -0.4 is 5.43 Å². The number of halogens is 3. The first-order valence-corrected chi connectivity index (χ1v) is 5.79. The van der Waals surface area contributed by atoms with Gasteiger partial charge in [0.05, 0.1) is 0 Å². The Morgan fingerprint density at radius 2 is 1.82 bits per heavy atom. The minimum absolute atomic E-state index is 0.139. The Morgan fingerprint density at radius 1 is 1.18 bits per heavy atom. The molecule has 0 atom stereocenters. The molecule has 7 heteroatoms. The van der Waals surface area contributed by atoms with Crippen LogP contribution in [0.3, 0.4) is 0 Å². The summed E-state index contributed by atoms with van der Waals surface area (Å²) in [6.07, 6.45) is -3.63. The zero-order valence-corrected chi connectivity index (χ0v) is 10.1. The monoisotopic (exact) mass is 255 g/mol. The summed E-state index contributed by atoms with van der Waals surface area (Å²) in [5, 5.41) is 2.10. The van der Waals surface area contributed by atoms with Crippen molar-refractivity contribution in [3.05, 3.63) is 0 Å². The van der Waals surface area contributed by atoms with Gasteiger partial charge in [-0.1, -0.05) is 0 Å². The highest BCUT2D eigenvalue weighted by Gasteiger charge is 2.27. The van der Waals surface area contributed by atoms with Crippen LogP contribution in [-0.4, -0.2) is 69.1 Å². The van der Waals surface area contributed by atoms with E-state index in [1.807, 2.05) is 0 Å². The highest BCUT2D eigenvalue weighted by atomic mass is 19.4. The minimum Gasteiger partial charge on any atom is -0.372 e. The molecule has 1 aliphatic rings. The summed E-state index contributed by atoms with van der Waals surface area (Å²) in [5.74, 6) is 0. The number of hydrogen-bond donors (Lipinski definition) is 1. The van der Waals surface area contributed by atoms with Gasteiger partial charge < -0.3 is 9.64 Å². The molecule has 0 saturated carbocycles. The second-order valence-corrected chi connectivity index (χ2v) is 4.22. The molecule has 0 spiro atoms. The first-order chi connectivity index (χ1) is 7.97. The van der Waals surface area contributed by atoms with Crippen LogP contribution in [0, 0.1) is 0 Å². The van der Waals surface area contributed by atoms with E-state index in [9.17, 15) is 13.2 Å². The average molecular weight is 255 g/mol. The van der Waals surface area contributed by atoms with Gasteiger partial charge in [0.25, 0.3) is 0 Å². The van der Waals surface area contributed by atoms with Crippen molar-refractivity contribution in [2.75, 3.05) is 53.0 Å². The lowest BCUT2D eigenvalue weighted by Gasteiger charge is -2.32. The third kappa shape index (κ3) is 7.54. The third-order valence-corrected chi connectivity index (χ3v) is 2.57. The molecular formula is C10H20F3N3O. The zero-order valence-electron chi connectivity index (χ0n) is 10.1. The molecule has 0 aliphatic carbocycles. The number of hydrogen-bond acceptors (Lipinski definition) is 4. The van der Waals surface area contributed by atoms with Crippen molar-refractivity contribution in [1.29, 1.82) is 0 Å². The number of rotatable bonds is 6. The summed E-state index contributed by atoms with van der Waals surface area (Å²) in [6.45, 7) is 3.55. The summed E-state index contributed by atoms with van der Waals surface area (Å²) in [5.41, 5.74) is 3.19. The lowest BCUT2D eigenvalue weighted by molar-refractivity contribution is -0.174. The molecular weight excluding hydrogens is 235 g/mol. The fourth-order valence-corrected chi connectivity index (χ4v) is 1.56. The van der Waals surface area contributed by atoms with E-state index in [0.29, 0.717) is 13.0 Å². The maximum atomic E-state index is 11.7. The molecule has 17 heavy (non-hydrogen) atoms. The topological polar surface area (TPSA) is 27.7 Å². The molecule has 1 N–H and O–H groups in total. The largest absolute Gasteiger partial charge is 0.411 e. The Morgan fingerprint density at radius 3 is 2.41 bits per heavy atom. The lowest BCUT2D eigenvalue weighted by Crippen LogP contribution is -2.51.